The normalized spacial score (nSPS) is 18.5. The lowest BCUT2D eigenvalue weighted by Crippen LogP contribution is -2.39. The van der Waals surface area contributed by atoms with Gasteiger partial charge in [0.1, 0.15) is 0 Å². The molecule has 0 saturated carbocycles. The topological polar surface area (TPSA) is 30.9 Å². The zero-order chi connectivity index (χ0) is 17.2. The highest BCUT2D eigenvalue weighted by Gasteiger charge is 2.16. The van der Waals surface area contributed by atoms with E-state index >= 15 is 0 Å². The molecule has 25 heavy (non-hydrogen) atoms. The van der Waals surface area contributed by atoms with Gasteiger partial charge in [-0.3, -0.25) is 0 Å². The summed E-state index contributed by atoms with van der Waals surface area (Å²) in [5.41, 5.74) is 1.25. The van der Waals surface area contributed by atoms with Gasteiger partial charge in [0.05, 0.1) is 6.54 Å². The Labute approximate surface area is 171 Å². The van der Waals surface area contributed by atoms with E-state index in [0.717, 1.165) is 25.1 Å². The smallest absolute Gasteiger partial charge is 0.193 e. The highest BCUT2D eigenvalue weighted by Crippen LogP contribution is 2.16. The average Bonchev–Trinajstić information content (AvgIpc) is 2.59. The zero-order valence-electron chi connectivity index (χ0n) is 16.1. The van der Waals surface area contributed by atoms with Crippen molar-refractivity contribution in [1.29, 1.82) is 0 Å². The number of likely N-dealkylation sites (tertiary alicyclic amines) is 1. The predicted molar refractivity (Wildman–Crippen MR) is 119 cm³/mol. The van der Waals surface area contributed by atoms with Crippen LogP contribution in [0, 0.1) is 0 Å². The van der Waals surface area contributed by atoms with Gasteiger partial charge in [-0.1, -0.05) is 36.8 Å². The maximum Gasteiger partial charge on any atom is 0.193 e. The molecule has 1 unspecified atom stereocenters. The third-order valence-corrected chi connectivity index (χ3v) is 4.77. The van der Waals surface area contributed by atoms with E-state index in [4.69, 9.17) is 4.99 Å². The van der Waals surface area contributed by atoms with E-state index in [1.807, 2.05) is 20.2 Å². The van der Waals surface area contributed by atoms with Crippen LogP contribution in [0.3, 0.4) is 0 Å². The quantitative estimate of drug-likeness (QED) is 0.291. The molecular formula is C20H35IN4. The molecule has 1 aromatic carbocycles. The van der Waals surface area contributed by atoms with E-state index in [1.165, 1.54) is 50.8 Å². The number of rotatable bonds is 7. The number of piperidine rings is 1. The van der Waals surface area contributed by atoms with Gasteiger partial charge in [0.15, 0.2) is 5.96 Å². The molecule has 5 heteroatoms. The molecule has 0 radical (unpaired) electrons. The first kappa shape index (κ1) is 22.2. The lowest BCUT2D eigenvalue weighted by Gasteiger charge is -2.33. The van der Waals surface area contributed by atoms with E-state index in [2.05, 4.69) is 46.3 Å². The van der Waals surface area contributed by atoms with E-state index in [1.54, 1.807) is 0 Å². The minimum Gasteiger partial charge on any atom is -0.356 e. The van der Waals surface area contributed by atoms with Gasteiger partial charge in [0, 0.05) is 26.7 Å². The van der Waals surface area contributed by atoms with Crippen molar-refractivity contribution in [2.75, 3.05) is 33.7 Å². The molecule has 0 spiro atoms. The van der Waals surface area contributed by atoms with Gasteiger partial charge in [0.25, 0.3) is 0 Å². The second kappa shape index (κ2) is 12.5. The molecule has 1 heterocycles. The Morgan fingerprint density at radius 1 is 1.20 bits per heavy atom. The number of hydrogen-bond donors (Lipinski definition) is 1. The summed E-state index contributed by atoms with van der Waals surface area (Å²) in [7, 11) is 4.10. The van der Waals surface area contributed by atoms with Crippen LogP contribution in [-0.2, 0) is 6.54 Å². The van der Waals surface area contributed by atoms with Gasteiger partial charge in [-0.2, -0.15) is 0 Å². The molecule has 1 atom stereocenters. The van der Waals surface area contributed by atoms with E-state index in [0.29, 0.717) is 0 Å². The Kier molecular flexibility index (Phi) is 11.1. The maximum absolute atomic E-state index is 4.71. The first-order chi connectivity index (χ1) is 11.7. The van der Waals surface area contributed by atoms with Crippen molar-refractivity contribution in [2.45, 2.75) is 51.6 Å². The van der Waals surface area contributed by atoms with Gasteiger partial charge >= 0.3 is 0 Å². The molecule has 0 amide bonds. The van der Waals surface area contributed by atoms with Gasteiger partial charge in [-0.25, -0.2) is 4.99 Å². The summed E-state index contributed by atoms with van der Waals surface area (Å²) in [6.45, 7) is 6.62. The van der Waals surface area contributed by atoms with Crippen molar-refractivity contribution < 1.29 is 0 Å². The predicted octanol–water partition coefficient (Wildman–Crippen LogP) is 3.97. The van der Waals surface area contributed by atoms with Crippen LogP contribution in [0.4, 0.5) is 0 Å². The van der Waals surface area contributed by atoms with Gasteiger partial charge in [-0.15, -0.1) is 24.0 Å². The van der Waals surface area contributed by atoms with Crippen molar-refractivity contribution in [2.24, 2.45) is 4.99 Å². The van der Waals surface area contributed by atoms with Crippen LogP contribution in [0.5, 0.6) is 0 Å². The highest BCUT2D eigenvalue weighted by molar-refractivity contribution is 14.0. The highest BCUT2D eigenvalue weighted by atomic mass is 127. The number of nitrogens with zero attached hydrogens (tertiary/aromatic N) is 3. The monoisotopic (exact) mass is 458 g/mol. The molecule has 2 rings (SSSR count). The average molecular weight is 458 g/mol. The fourth-order valence-electron chi connectivity index (χ4n) is 3.23. The number of guanidine groups is 1. The Morgan fingerprint density at radius 2 is 1.96 bits per heavy atom. The second-order valence-corrected chi connectivity index (χ2v) is 7.03. The molecule has 0 bridgehead atoms. The SMILES string of the molecule is CC1CCCCN1CCCCNC(=NCc1ccccc1)N(C)C.I. The minimum atomic E-state index is 0. The van der Waals surface area contributed by atoms with Crippen LogP contribution in [0.25, 0.3) is 0 Å². The number of nitrogens with one attached hydrogen (secondary N) is 1. The molecule has 1 aliphatic heterocycles. The number of aliphatic imine (C=N–C) groups is 1. The third-order valence-electron chi connectivity index (χ3n) is 4.77. The van der Waals surface area contributed by atoms with Gasteiger partial charge in [0.2, 0.25) is 0 Å². The van der Waals surface area contributed by atoms with E-state index < -0.39 is 0 Å². The summed E-state index contributed by atoms with van der Waals surface area (Å²) >= 11 is 0. The summed E-state index contributed by atoms with van der Waals surface area (Å²) < 4.78 is 0. The van der Waals surface area contributed by atoms with Crippen LogP contribution in [-0.4, -0.2) is 55.5 Å². The lowest BCUT2D eigenvalue weighted by molar-refractivity contribution is 0.158. The first-order valence-electron chi connectivity index (χ1n) is 9.40. The third kappa shape index (κ3) is 8.40. The summed E-state index contributed by atoms with van der Waals surface area (Å²) in [4.78, 5) is 9.43. The van der Waals surface area contributed by atoms with Crippen LogP contribution < -0.4 is 5.32 Å². The van der Waals surface area contributed by atoms with Crippen LogP contribution in [0.15, 0.2) is 35.3 Å². The van der Waals surface area contributed by atoms with Crippen molar-refractivity contribution in [3.63, 3.8) is 0 Å². The maximum atomic E-state index is 4.71. The Hall–Kier alpha value is -0.820. The molecule has 1 N–H and O–H groups in total. The second-order valence-electron chi connectivity index (χ2n) is 7.03. The standard InChI is InChI=1S/C20H34N4.HI/c1-18-11-7-9-15-24(18)16-10-8-14-21-20(23(2)3)22-17-19-12-5-4-6-13-19;/h4-6,12-13,18H,7-11,14-17H2,1-3H3,(H,21,22);1H. The van der Waals surface area contributed by atoms with Gasteiger partial charge < -0.3 is 15.1 Å². The molecule has 1 aliphatic rings. The summed E-state index contributed by atoms with van der Waals surface area (Å²) in [6, 6.07) is 11.2. The van der Waals surface area contributed by atoms with Gasteiger partial charge in [-0.05, 0) is 51.3 Å². The molecule has 142 valence electrons. The molecule has 1 fully saturated rings. The summed E-state index contributed by atoms with van der Waals surface area (Å²) in [5.74, 6) is 0.977. The van der Waals surface area contributed by atoms with Crippen LogP contribution >= 0.6 is 24.0 Å². The number of halogens is 1. The summed E-state index contributed by atoms with van der Waals surface area (Å²) in [6.07, 6.45) is 6.61. The number of hydrogen-bond acceptors (Lipinski definition) is 2. The zero-order valence-corrected chi connectivity index (χ0v) is 18.4. The first-order valence-corrected chi connectivity index (χ1v) is 9.40. The molecule has 0 aliphatic carbocycles. The largest absolute Gasteiger partial charge is 0.356 e. The Morgan fingerprint density at radius 3 is 2.64 bits per heavy atom. The molecule has 4 nitrogen and oxygen atoms in total. The van der Waals surface area contributed by atoms with Crippen molar-refractivity contribution in [3.8, 4) is 0 Å². The Bertz CT molecular complexity index is 490. The lowest BCUT2D eigenvalue weighted by atomic mass is 10.0. The fourth-order valence-corrected chi connectivity index (χ4v) is 3.23. The van der Waals surface area contributed by atoms with Crippen LogP contribution in [0.2, 0.25) is 0 Å². The fraction of sp³-hybridized carbons (Fsp3) is 0.650. The Balaban J connectivity index is 0.00000312. The number of unbranched alkanes of at least 4 members (excludes halogenated alkanes) is 1. The van der Waals surface area contributed by atoms with Crippen molar-refractivity contribution >= 4 is 29.9 Å². The van der Waals surface area contributed by atoms with Crippen molar-refractivity contribution in [1.82, 2.24) is 15.1 Å². The van der Waals surface area contributed by atoms with E-state index in [-0.39, 0.29) is 24.0 Å². The molecule has 1 saturated heterocycles. The molecule has 1 aromatic rings. The minimum absolute atomic E-state index is 0. The van der Waals surface area contributed by atoms with E-state index in [9.17, 15) is 0 Å². The van der Waals surface area contributed by atoms with Crippen molar-refractivity contribution in [3.05, 3.63) is 35.9 Å². The molecule has 0 aromatic heterocycles. The summed E-state index contributed by atoms with van der Waals surface area (Å²) in [5, 5.41) is 3.50. The molecular weight excluding hydrogens is 423 g/mol. The van der Waals surface area contributed by atoms with Crippen LogP contribution in [0.1, 0.15) is 44.6 Å². The number of benzene rings is 1.